The zero-order chi connectivity index (χ0) is 12.3. The van der Waals surface area contributed by atoms with Crippen molar-refractivity contribution in [2.24, 2.45) is 0 Å². The second-order valence-corrected chi connectivity index (χ2v) is 7.21. The van der Waals surface area contributed by atoms with E-state index >= 15 is 0 Å². The van der Waals surface area contributed by atoms with Crippen LogP contribution in [0.15, 0.2) is 24.3 Å². The van der Waals surface area contributed by atoms with Crippen LogP contribution in [-0.4, -0.2) is 23.6 Å². The van der Waals surface area contributed by atoms with Crippen LogP contribution in [0.25, 0.3) is 0 Å². The summed E-state index contributed by atoms with van der Waals surface area (Å²) in [5, 5.41) is 0. The van der Waals surface area contributed by atoms with Gasteiger partial charge in [0.1, 0.15) is 0 Å². The highest BCUT2D eigenvalue weighted by Crippen LogP contribution is 2.32. The van der Waals surface area contributed by atoms with Crippen molar-refractivity contribution in [1.29, 1.82) is 0 Å². The molecule has 17 heavy (non-hydrogen) atoms. The van der Waals surface area contributed by atoms with Gasteiger partial charge in [-0.25, -0.2) is 0 Å². The van der Waals surface area contributed by atoms with Gasteiger partial charge in [-0.1, -0.05) is 26.0 Å². The summed E-state index contributed by atoms with van der Waals surface area (Å²) < 4.78 is 0.421. The van der Waals surface area contributed by atoms with E-state index in [0.29, 0.717) is 10.6 Å². The van der Waals surface area contributed by atoms with E-state index in [2.05, 4.69) is 54.8 Å². The summed E-state index contributed by atoms with van der Waals surface area (Å²) in [6.45, 7) is 6.99. The fraction of sp³-hybridized carbons (Fsp3) is 0.571. The molecule has 0 radical (unpaired) electrons. The van der Waals surface area contributed by atoms with E-state index in [0.717, 1.165) is 13.1 Å². The maximum Gasteiger partial charge on any atom is 0.0474 e. The lowest BCUT2D eigenvalue weighted by Gasteiger charge is -2.24. The smallest absolute Gasteiger partial charge is 0.0474 e. The minimum Gasteiger partial charge on any atom is -0.371 e. The Kier molecular flexibility index (Phi) is 4.26. The fourth-order valence-electron chi connectivity index (χ4n) is 2.07. The van der Waals surface area contributed by atoms with Gasteiger partial charge in [-0.2, -0.15) is 11.8 Å². The molecule has 1 aliphatic rings. The first-order valence-corrected chi connectivity index (χ1v) is 7.66. The van der Waals surface area contributed by atoms with E-state index in [9.17, 15) is 0 Å². The fourth-order valence-corrected chi connectivity index (χ4v) is 3.35. The Morgan fingerprint density at radius 1 is 1.24 bits per heavy atom. The Balaban J connectivity index is 2.06. The molecular formula is C14H20ClNS. The Morgan fingerprint density at radius 2 is 1.94 bits per heavy atom. The quantitative estimate of drug-likeness (QED) is 0.742. The molecule has 0 aliphatic carbocycles. The first kappa shape index (κ1) is 13.1. The summed E-state index contributed by atoms with van der Waals surface area (Å²) in [4.78, 5) is 2.49. The molecule has 0 spiro atoms. The maximum absolute atomic E-state index is 5.81. The zero-order valence-corrected chi connectivity index (χ0v) is 12.2. The highest BCUT2D eigenvalue weighted by molar-refractivity contribution is 8.00. The third kappa shape index (κ3) is 3.56. The number of thioether (sulfide) groups is 1. The summed E-state index contributed by atoms with van der Waals surface area (Å²) in [6.07, 6.45) is 1.24. The number of hydrogen-bond acceptors (Lipinski definition) is 2. The summed E-state index contributed by atoms with van der Waals surface area (Å²) in [5.41, 5.74) is 2.53. The van der Waals surface area contributed by atoms with Crippen LogP contribution in [0.5, 0.6) is 0 Å². The minimum absolute atomic E-state index is 0.421. The number of benzene rings is 1. The molecule has 0 N–H and O–H groups in total. The predicted molar refractivity (Wildman–Crippen MR) is 79.4 cm³/mol. The molecule has 0 bridgehead atoms. The molecule has 0 saturated carbocycles. The van der Waals surface area contributed by atoms with E-state index in [1.54, 1.807) is 0 Å². The van der Waals surface area contributed by atoms with Crippen LogP contribution < -0.4 is 4.90 Å². The van der Waals surface area contributed by atoms with Crippen LogP contribution in [0, 0.1) is 0 Å². The van der Waals surface area contributed by atoms with E-state index in [1.807, 2.05) is 0 Å². The van der Waals surface area contributed by atoms with Crippen molar-refractivity contribution in [2.75, 3.05) is 23.7 Å². The molecular weight excluding hydrogens is 250 g/mol. The standard InChI is InChI=1S/C14H20ClNS/c1-14(2)7-8-16(9-10-17-14)13-5-3-12(11-15)4-6-13/h3-6H,7-11H2,1-2H3. The van der Waals surface area contributed by atoms with Gasteiger partial charge in [0.15, 0.2) is 0 Å². The second kappa shape index (κ2) is 5.53. The second-order valence-electron chi connectivity index (χ2n) is 5.15. The highest BCUT2D eigenvalue weighted by Gasteiger charge is 2.23. The van der Waals surface area contributed by atoms with E-state index in [1.165, 1.54) is 23.4 Å². The lowest BCUT2D eigenvalue weighted by Crippen LogP contribution is -2.26. The van der Waals surface area contributed by atoms with E-state index < -0.39 is 0 Å². The van der Waals surface area contributed by atoms with Crippen molar-refractivity contribution in [1.82, 2.24) is 0 Å². The van der Waals surface area contributed by atoms with Crippen LogP contribution in [0.4, 0.5) is 5.69 Å². The molecule has 1 nitrogen and oxygen atoms in total. The van der Waals surface area contributed by atoms with Gasteiger partial charge in [-0.3, -0.25) is 0 Å². The van der Waals surface area contributed by atoms with Gasteiger partial charge in [0.2, 0.25) is 0 Å². The summed E-state index contributed by atoms with van der Waals surface area (Å²) in [6, 6.07) is 8.65. The largest absolute Gasteiger partial charge is 0.371 e. The van der Waals surface area contributed by atoms with Gasteiger partial charge in [0, 0.05) is 35.2 Å². The van der Waals surface area contributed by atoms with Gasteiger partial charge in [-0.05, 0) is 24.1 Å². The third-order valence-electron chi connectivity index (χ3n) is 3.29. The molecule has 3 heteroatoms. The van der Waals surface area contributed by atoms with Crippen molar-refractivity contribution < 1.29 is 0 Å². The molecule has 94 valence electrons. The van der Waals surface area contributed by atoms with Gasteiger partial charge in [-0.15, -0.1) is 11.6 Å². The number of halogens is 1. The monoisotopic (exact) mass is 269 g/mol. The van der Waals surface area contributed by atoms with Crippen molar-refractivity contribution >= 4 is 29.1 Å². The number of alkyl halides is 1. The molecule has 0 aromatic heterocycles. The molecule has 0 atom stereocenters. The minimum atomic E-state index is 0.421. The first-order valence-electron chi connectivity index (χ1n) is 6.14. The average molecular weight is 270 g/mol. The van der Waals surface area contributed by atoms with Crippen molar-refractivity contribution in [2.45, 2.75) is 30.9 Å². The summed E-state index contributed by atoms with van der Waals surface area (Å²) in [5.74, 6) is 1.81. The number of hydrogen-bond donors (Lipinski definition) is 0. The Hall–Kier alpha value is -0.340. The van der Waals surface area contributed by atoms with Crippen LogP contribution >= 0.6 is 23.4 Å². The normalized spacial score (nSPS) is 20.1. The van der Waals surface area contributed by atoms with Crippen molar-refractivity contribution in [3.05, 3.63) is 29.8 Å². The van der Waals surface area contributed by atoms with E-state index in [4.69, 9.17) is 11.6 Å². The van der Waals surface area contributed by atoms with Crippen molar-refractivity contribution in [3.8, 4) is 0 Å². The molecule has 1 fully saturated rings. The van der Waals surface area contributed by atoms with Gasteiger partial charge >= 0.3 is 0 Å². The average Bonchev–Trinajstić information content (AvgIpc) is 2.50. The highest BCUT2D eigenvalue weighted by atomic mass is 35.5. The molecule has 0 amide bonds. The summed E-state index contributed by atoms with van der Waals surface area (Å²) in [7, 11) is 0. The Morgan fingerprint density at radius 3 is 2.59 bits per heavy atom. The molecule has 2 rings (SSSR count). The van der Waals surface area contributed by atoms with Gasteiger partial charge in [0.25, 0.3) is 0 Å². The van der Waals surface area contributed by atoms with Gasteiger partial charge < -0.3 is 4.90 Å². The Bertz CT molecular complexity index is 361. The molecule has 1 heterocycles. The Labute approximate surface area is 114 Å². The van der Waals surface area contributed by atoms with Crippen LogP contribution in [0.1, 0.15) is 25.8 Å². The lowest BCUT2D eigenvalue weighted by molar-refractivity contribution is 0.638. The number of nitrogens with zero attached hydrogens (tertiary/aromatic N) is 1. The van der Waals surface area contributed by atoms with Crippen LogP contribution in [0.2, 0.25) is 0 Å². The molecule has 1 aromatic rings. The third-order valence-corrected chi connectivity index (χ3v) is 4.97. The zero-order valence-electron chi connectivity index (χ0n) is 10.6. The van der Waals surface area contributed by atoms with Crippen LogP contribution in [-0.2, 0) is 5.88 Å². The molecule has 1 aromatic carbocycles. The maximum atomic E-state index is 5.81. The molecule has 0 unspecified atom stereocenters. The van der Waals surface area contributed by atoms with Gasteiger partial charge in [0.05, 0.1) is 0 Å². The SMILES string of the molecule is CC1(C)CCN(c2ccc(CCl)cc2)CCS1. The number of rotatable bonds is 2. The molecule has 1 saturated heterocycles. The topological polar surface area (TPSA) is 3.24 Å². The van der Waals surface area contributed by atoms with Crippen LogP contribution in [0.3, 0.4) is 0 Å². The van der Waals surface area contributed by atoms with E-state index in [-0.39, 0.29) is 0 Å². The molecule has 1 aliphatic heterocycles. The first-order chi connectivity index (χ1) is 8.11. The lowest BCUT2D eigenvalue weighted by atomic mass is 10.1. The predicted octanol–water partition coefficient (Wildman–Crippen LogP) is 4.15. The number of anilines is 1. The summed E-state index contributed by atoms with van der Waals surface area (Å²) >= 11 is 7.90. The van der Waals surface area contributed by atoms with Crippen molar-refractivity contribution in [3.63, 3.8) is 0 Å².